The first-order valence-corrected chi connectivity index (χ1v) is 8.43. The van der Waals surface area contributed by atoms with Crippen molar-refractivity contribution < 1.29 is 9.53 Å². The van der Waals surface area contributed by atoms with Crippen molar-refractivity contribution in [3.8, 4) is 5.75 Å². The minimum atomic E-state index is 0.0405. The van der Waals surface area contributed by atoms with Crippen molar-refractivity contribution in [2.45, 2.75) is 6.92 Å². The lowest BCUT2D eigenvalue weighted by atomic mass is 9.99. The third kappa shape index (κ3) is 2.40. The minimum Gasteiger partial charge on any atom is -0.496 e. The summed E-state index contributed by atoms with van der Waals surface area (Å²) in [6, 6.07) is 20.1. The predicted molar refractivity (Wildman–Crippen MR) is 103 cm³/mol. The number of carbonyl (C=O) groups excluding carboxylic acids is 1. The van der Waals surface area contributed by atoms with Crippen LogP contribution in [0.4, 0.5) is 5.69 Å². The standard InChI is InChI=1S/C22H19NO2/c1-3-23-20-11-7-6-10-17(20)19(22(23)24)14-18-16-9-5-4-8-15(16)12-13-21(18)25-2/h4-14H,3H2,1-2H3/b19-14+. The van der Waals surface area contributed by atoms with Gasteiger partial charge in [0.2, 0.25) is 0 Å². The van der Waals surface area contributed by atoms with Gasteiger partial charge < -0.3 is 9.64 Å². The van der Waals surface area contributed by atoms with Crippen LogP contribution in [0.25, 0.3) is 22.4 Å². The van der Waals surface area contributed by atoms with Crippen LogP contribution in [-0.2, 0) is 4.79 Å². The third-order valence-electron chi connectivity index (χ3n) is 4.72. The summed E-state index contributed by atoms with van der Waals surface area (Å²) in [6.45, 7) is 2.65. The van der Waals surface area contributed by atoms with Gasteiger partial charge in [-0.05, 0) is 35.9 Å². The number of ether oxygens (including phenoxy) is 1. The van der Waals surface area contributed by atoms with Crippen molar-refractivity contribution in [2.75, 3.05) is 18.6 Å². The number of carbonyl (C=O) groups is 1. The fraction of sp³-hybridized carbons (Fsp3) is 0.136. The van der Waals surface area contributed by atoms with Crippen molar-refractivity contribution in [2.24, 2.45) is 0 Å². The Balaban J connectivity index is 1.98. The first kappa shape index (κ1) is 15.5. The number of nitrogens with zero attached hydrogens (tertiary/aromatic N) is 1. The van der Waals surface area contributed by atoms with Crippen LogP contribution in [-0.4, -0.2) is 19.6 Å². The molecule has 0 N–H and O–H groups in total. The number of anilines is 1. The second kappa shape index (κ2) is 6.10. The summed E-state index contributed by atoms with van der Waals surface area (Å²) in [5.74, 6) is 0.810. The summed E-state index contributed by atoms with van der Waals surface area (Å²) in [6.07, 6.45) is 1.97. The van der Waals surface area contributed by atoms with Crippen LogP contribution >= 0.6 is 0 Å². The van der Waals surface area contributed by atoms with Crippen molar-refractivity contribution in [3.63, 3.8) is 0 Å². The molecule has 1 heterocycles. The van der Waals surface area contributed by atoms with Gasteiger partial charge in [-0.15, -0.1) is 0 Å². The quantitative estimate of drug-likeness (QED) is 0.649. The molecule has 0 saturated carbocycles. The highest BCUT2D eigenvalue weighted by Gasteiger charge is 2.31. The lowest BCUT2D eigenvalue weighted by Gasteiger charge is -2.13. The van der Waals surface area contributed by atoms with E-state index in [4.69, 9.17) is 4.74 Å². The van der Waals surface area contributed by atoms with Crippen LogP contribution in [0.5, 0.6) is 5.75 Å². The zero-order chi connectivity index (χ0) is 17.4. The first-order valence-electron chi connectivity index (χ1n) is 8.43. The van der Waals surface area contributed by atoms with Gasteiger partial charge >= 0.3 is 0 Å². The van der Waals surface area contributed by atoms with E-state index in [1.165, 1.54) is 0 Å². The van der Waals surface area contributed by atoms with Gasteiger partial charge in [-0.2, -0.15) is 0 Å². The van der Waals surface area contributed by atoms with Gasteiger partial charge in [-0.1, -0.05) is 48.5 Å². The van der Waals surface area contributed by atoms with E-state index in [0.717, 1.165) is 33.3 Å². The second-order valence-electron chi connectivity index (χ2n) is 6.03. The molecule has 124 valence electrons. The molecule has 0 bridgehead atoms. The molecule has 3 heteroatoms. The maximum absolute atomic E-state index is 13.0. The molecule has 0 atom stereocenters. The van der Waals surface area contributed by atoms with Crippen LogP contribution in [0, 0.1) is 0 Å². The van der Waals surface area contributed by atoms with Gasteiger partial charge in [0.15, 0.2) is 0 Å². The molecule has 4 rings (SSSR count). The molecule has 1 amide bonds. The average molecular weight is 329 g/mol. The highest BCUT2D eigenvalue weighted by Crippen LogP contribution is 2.39. The van der Waals surface area contributed by atoms with E-state index in [1.807, 2.05) is 66.4 Å². The first-order chi connectivity index (χ1) is 12.2. The van der Waals surface area contributed by atoms with Gasteiger partial charge in [0.05, 0.1) is 12.8 Å². The van der Waals surface area contributed by atoms with Crippen molar-refractivity contribution in [3.05, 3.63) is 71.8 Å². The molecule has 0 aromatic heterocycles. The fourth-order valence-corrected chi connectivity index (χ4v) is 3.51. The van der Waals surface area contributed by atoms with Crippen LogP contribution in [0.2, 0.25) is 0 Å². The van der Waals surface area contributed by atoms with Gasteiger partial charge in [0.25, 0.3) is 5.91 Å². The molecular formula is C22H19NO2. The zero-order valence-corrected chi connectivity index (χ0v) is 14.3. The fourth-order valence-electron chi connectivity index (χ4n) is 3.51. The monoisotopic (exact) mass is 329 g/mol. The average Bonchev–Trinajstić information content (AvgIpc) is 2.93. The number of likely N-dealkylation sites (N-methyl/N-ethyl adjacent to an activating group) is 1. The number of fused-ring (bicyclic) bond motifs is 2. The maximum Gasteiger partial charge on any atom is 0.258 e. The lowest BCUT2D eigenvalue weighted by molar-refractivity contribution is -0.112. The number of hydrogen-bond donors (Lipinski definition) is 0. The number of para-hydroxylation sites is 1. The normalized spacial score (nSPS) is 15.0. The van der Waals surface area contributed by atoms with Crippen molar-refractivity contribution in [1.82, 2.24) is 0 Å². The van der Waals surface area contributed by atoms with Crippen LogP contribution in [0.1, 0.15) is 18.1 Å². The number of amides is 1. The van der Waals surface area contributed by atoms with Gasteiger partial charge in [-0.3, -0.25) is 4.79 Å². The number of benzene rings is 3. The molecular weight excluding hydrogens is 310 g/mol. The molecule has 0 spiro atoms. The molecule has 0 aliphatic carbocycles. The Labute approximate surface area is 147 Å². The Morgan fingerprint density at radius 3 is 2.56 bits per heavy atom. The molecule has 0 saturated heterocycles. The Kier molecular flexibility index (Phi) is 3.77. The summed E-state index contributed by atoms with van der Waals surface area (Å²) in [4.78, 5) is 14.8. The van der Waals surface area contributed by atoms with E-state index < -0.39 is 0 Å². The smallest absolute Gasteiger partial charge is 0.258 e. The molecule has 25 heavy (non-hydrogen) atoms. The number of rotatable bonds is 3. The maximum atomic E-state index is 13.0. The van der Waals surface area contributed by atoms with Gasteiger partial charge in [0, 0.05) is 23.2 Å². The summed E-state index contributed by atoms with van der Waals surface area (Å²) >= 11 is 0. The molecule has 1 aliphatic heterocycles. The largest absolute Gasteiger partial charge is 0.496 e. The zero-order valence-electron chi connectivity index (χ0n) is 14.3. The highest BCUT2D eigenvalue weighted by atomic mass is 16.5. The third-order valence-corrected chi connectivity index (χ3v) is 4.72. The molecule has 3 aromatic carbocycles. The van der Waals surface area contributed by atoms with E-state index in [1.54, 1.807) is 7.11 Å². The minimum absolute atomic E-state index is 0.0405. The Morgan fingerprint density at radius 2 is 1.76 bits per heavy atom. The van der Waals surface area contributed by atoms with E-state index in [9.17, 15) is 4.79 Å². The Bertz CT molecular complexity index is 1000. The Morgan fingerprint density at radius 1 is 1.00 bits per heavy atom. The lowest BCUT2D eigenvalue weighted by Crippen LogP contribution is -2.25. The van der Waals surface area contributed by atoms with E-state index >= 15 is 0 Å². The second-order valence-corrected chi connectivity index (χ2v) is 6.03. The summed E-state index contributed by atoms with van der Waals surface area (Å²) in [7, 11) is 1.66. The molecule has 0 radical (unpaired) electrons. The summed E-state index contributed by atoms with van der Waals surface area (Å²) < 4.78 is 5.57. The molecule has 3 aromatic rings. The van der Waals surface area contributed by atoms with E-state index in [-0.39, 0.29) is 5.91 Å². The molecule has 0 fully saturated rings. The van der Waals surface area contributed by atoms with Crippen molar-refractivity contribution >= 4 is 34.0 Å². The summed E-state index contributed by atoms with van der Waals surface area (Å²) in [5.41, 5.74) is 3.61. The SMILES string of the molecule is CCN1C(=O)/C(=C/c2c(OC)ccc3ccccc23)c2ccccc21. The predicted octanol–water partition coefficient (Wildman–Crippen LogP) is 4.76. The molecule has 0 unspecified atom stereocenters. The van der Waals surface area contributed by atoms with Gasteiger partial charge in [0.1, 0.15) is 5.75 Å². The van der Waals surface area contributed by atoms with Crippen LogP contribution < -0.4 is 9.64 Å². The Hall–Kier alpha value is -3.07. The summed E-state index contributed by atoms with van der Waals surface area (Å²) in [5, 5.41) is 2.20. The number of methoxy groups -OCH3 is 1. The van der Waals surface area contributed by atoms with Crippen LogP contribution in [0.15, 0.2) is 60.7 Å². The topological polar surface area (TPSA) is 29.5 Å². The molecule has 3 nitrogen and oxygen atoms in total. The highest BCUT2D eigenvalue weighted by molar-refractivity contribution is 6.36. The van der Waals surface area contributed by atoms with Crippen LogP contribution in [0.3, 0.4) is 0 Å². The van der Waals surface area contributed by atoms with Crippen molar-refractivity contribution in [1.29, 1.82) is 0 Å². The van der Waals surface area contributed by atoms with E-state index in [2.05, 4.69) is 12.1 Å². The number of hydrogen-bond acceptors (Lipinski definition) is 2. The van der Waals surface area contributed by atoms with Gasteiger partial charge in [-0.25, -0.2) is 0 Å². The van der Waals surface area contributed by atoms with E-state index in [0.29, 0.717) is 12.1 Å². The molecule has 1 aliphatic rings.